The van der Waals surface area contributed by atoms with Crippen molar-refractivity contribution in [2.75, 3.05) is 6.54 Å². The maximum atomic E-state index is 12.9. The van der Waals surface area contributed by atoms with Gasteiger partial charge in [0, 0.05) is 18.3 Å². The van der Waals surface area contributed by atoms with E-state index in [0.29, 0.717) is 29.2 Å². The molecule has 0 bridgehead atoms. The first-order valence-corrected chi connectivity index (χ1v) is 7.05. The largest absolute Gasteiger partial charge is 0.416 e. The number of halogens is 3. The van der Waals surface area contributed by atoms with Crippen LogP contribution in [0.2, 0.25) is 0 Å². The molecule has 2 aromatic rings. The molecule has 2 rings (SSSR count). The van der Waals surface area contributed by atoms with Crippen molar-refractivity contribution in [3.8, 4) is 17.5 Å². The Hall–Kier alpha value is -2.46. The molecule has 1 heterocycles. The molecular weight excluding hydrogens is 305 g/mol. The van der Waals surface area contributed by atoms with E-state index in [-0.39, 0.29) is 13.0 Å². The zero-order valence-electron chi connectivity index (χ0n) is 12.5. The summed E-state index contributed by atoms with van der Waals surface area (Å²) in [5.74, 6) is 0.319. The van der Waals surface area contributed by atoms with Crippen molar-refractivity contribution in [1.82, 2.24) is 15.3 Å². The molecule has 0 aliphatic rings. The molecule has 0 saturated carbocycles. The second-order valence-corrected chi connectivity index (χ2v) is 4.86. The number of hydrogen-bond donors (Lipinski definition) is 1. The minimum Gasteiger partial charge on any atom is -0.313 e. The normalized spacial score (nSPS) is 11.3. The van der Waals surface area contributed by atoms with E-state index in [0.717, 1.165) is 12.1 Å². The van der Waals surface area contributed by atoms with Gasteiger partial charge in [-0.15, -0.1) is 0 Å². The van der Waals surface area contributed by atoms with Gasteiger partial charge >= 0.3 is 6.18 Å². The van der Waals surface area contributed by atoms with Crippen LogP contribution in [0.25, 0.3) is 11.4 Å². The van der Waals surface area contributed by atoms with Crippen molar-refractivity contribution in [2.24, 2.45) is 0 Å². The Morgan fingerprint density at radius 3 is 2.70 bits per heavy atom. The molecule has 0 saturated heterocycles. The van der Waals surface area contributed by atoms with Gasteiger partial charge < -0.3 is 5.32 Å². The van der Waals surface area contributed by atoms with Gasteiger partial charge in [0.05, 0.1) is 23.7 Å². The van der Waals surface area contributed by atoms with Crippen LogP contribution in [0.3, 0.4) is 0 Å². The van der Waals surface area contributed by atoms with Crippen LogP contribution in [0.15, 0.2) is 30.5 Å². The van der Waals surface area contributed by atoms with Gasteiger partial charge in [0.25, 0.3) is 0 Å². The minimum atomic E-state index is -4.40. The number of nitrogens with zero attached hydrogens (tertiary/aromatic N) is 3. The highest BCUT2D eigenvalue weighted by Crippen LogP contribution is 2.32. The highest BCUT2D eigenvalue weighted by atomic mass is 19.4. The Balaban J connectivity index is 2.48. The minimum absolute atomic E-state index is 0.124. The predicted octanol–water partition coefficient (Wildman–Crippen LogP) is 3.34. The number of nitriles is 1. The second-order valence-electron chi connectivity index (χ2n) is 4.86. The first kappa shape index (κ1) is 16.9. The lowest BCUT2D eigenvalue weighted by molar-refractivity contribution is -0.137. The summed E-state index contributed by atoms with van der Waals surface area (Å²) in [6.45, 7) is 2.78. The fourth-order valence-corrected chi connectivity index (χ4v) is 2.10. The Morgan fingerprint density at radius 2 is 2.04 bits per heavy atom. The number of benzene rings is 1. The molecule has 1 aromatic heterocycles. The quantitative estimate of drug-likeness (QED) is 0.918. The zero-order valence-corrected chi connectivity index (χ0v) is 12.5. The number of alkyl halides is 3. The van der Waals surface area contributed by atoms with Crippen molar-refractivity contribution in [2.45, 2.75) is 26.1 Å². The molecule has 0 unspecified atom stereocenters. The summed E-state index contributed by atoms with van der Waals surface area (Å²) >= 11 is 0. The zero-order chi connectivity index (χ0) is 16.9. The standard InChI is InChI=1S/C16H15F3N4/c1-2-21-10-11-9-12(16(17,18)19)3-4-14(11)15-22-8-6-13(23-15)5-7-20/h3-4,6,8-9,21H,2,5,10H2,1H3. The molecule has 7 heteroatoms. The molecular formula is C16H15F3N4. The van der Waals surface area contributed by atoms with Crippen molar-refractivity contribution in [3.63, 3.8) is 0 Å². The van der Waals surface area contributed by atoms with Crippen LogP contribution in [0.4, 0.5) is 13.2 Å². The fourth-order valence-electron chi connectivity index (χ4n) is 2.10. The summed E-state index contributed by atoms with van der Waals surface area (Å²) in [7, 11) is 0. The summed E-state index contributed by atoms with van der Waals surface area (Å²) in [6, 6.07) is 7.11. The average Bonchev–Trinajstić information content (AvgIpc) is 2.52. The first-order chi connectivity index (χ1) is 11.0. The van der Waals surface area contributed by atoms with E-state index in [1.54, 1.807) is 6.07 Å². The molecule has 0 spiro atoms. The van der Waals surface area contributed by atoms with E-state index in [1.807, 2.05) is 13.0 Å². The van der Waals surface area contributed by atoms with Crippen molar-refractivity contribution in [3.05, 3.63) is 47.3 Å². The smallest absolute Gasteiger partial charge is 0.313 e. The third-order valence-electron chi connectivity index (χ3n) is 3.21. The van der Waals surface area contributed by atoms with Gasteiger partial charge in [-0.25, -0.2) is 9.97 Å². The molecule has 0 atom stereocenters. The van der Waals surface area contributed by atoms with Gasteiger partial charge in [0.1, 0.15) is 0 Å². The van der Waals surface area contributed by atoms with Crippen molar-refractivity contribution >= 4 is 0 Å². The van der Waals surface area contributed by atoms with Gasteiger partial charge in [-0.1, -0.05) is 13.0 Å². The molecule has 1 N–H and O–H groups in total. The van der Waals surface area contributed by atoms with E-state index in [1.165, 1.54) is 12.3 Å². The lowest BCUT2D eigenvalue weighted by Gasteiger charge is -2.13. The van der Waals surface area contributed by atoms with Crippen LogP contribution in [0.1, 0.15) is 23.7 Å². The van der Waals surface area contributed by atoms with E-state index in [4.69, 9.17) is 5.26 Å². The van der Waals surface area contributed by atoms with Gasteiger partial charge in [0.15, 0.2) is 5.82 Å². The van der Waals surface area contributed by atoms with Crippen LogP contribution in [0.5, 0.6) is 0 Å². The van der Waals surface area contributed by atoms with Gasteiger partial charge in [-0.3, -0.25) is 0 Å². The second kappa shape index (κ2) is 7.20. The van der Waals surface area contributed by atoms with E-state index in [9.17, 15) is 13.2 Å². The fraction of sp³-hybridized carbons (Fsp3) is 0.312. The molecule has 0 radical (unpaired) electrons. The highest BCUT2D eigenvalue weighted by Gasteiger charge is 2.31. The lowest BCUT2D eigenvalue weighted by Crippen LogP contribution is -2.14. The third kappa shape index (κ3) is 4.27. The number of rotatable bonds is 5. The molecule has 0 aliphatic heterocycles. The summed E-state index contributed by atoms with van der Waals surface area (Å²) < 4.78 is 38.7. The Bertz CT molecular complexity index is 720. The Morgan fingerprint density at radius 1 is 1.26 bits per heavy atom. The Kier molecular flexibility index (Phi) is 5.29. The van der Waals surface area contributed by atoms with Crippen LogP contribution >= 0.6 is 0 Å². The SMILES string of the molecule is CCNCc1cc(C(F)(F)F)ccc1-c1nccc(CC#N)n1. The van der Waals surface area contributed by atoms with Gasteiger partial charge in [-0.2, -0.15) is 18.4 Å². The summed E-state index contributed by atoms with van der Waals surface area (Å²) in [4.78, 5) is 8.37. The predicted molar refractivity (Wildman–Crippen MR) is 79.2 cm³/mol. The van der Waals surface area contributed by atoms with E-state index >= 15 is 0 Å². The molecule has 1 aromatic carbocycles. The van der Waals surface area contributed by atoms with Crippen molar-refractivity contribution in [1.29, 1.82) is 5.26 Å². The highest BCUT2D eigenvalue weighted by molar-refractivity contribution is 5.61. The number of aromatic nitrogens is 2. The van der Waals surface area contributed by atoms with E-state index in [2.05, 4.69) is 15.3 Å². The van der Waals surface area contributed by atoms with Gasteiger partial charge in [0.2, 0.25) is 0 Å². The molecule has 4 nitrogen and oxygen atoms in total. The average molecular weight is 320 g/mol. The van der Waals surface area contributed by atoms with E-state index < -0.39 is 11.7 Å². The van der Waals surface area contributed by atoms with Crippen LogP contribution in [-0.4, -0.2) is 16.5 Å². The molecule has 0 amide bonds. The van der Waals surface area contributed by atoms with Crippen LogP contribution in [0, 0.1) is 11.3 Å². The summed E-state index contributed by atoms with van der Waals surface area (Å²) in [6.07, 6.45) is -2.77. The molecule has 23 heavy (non-hydrogen) atoms. The maximum Gasteiger partial charge on any atom is 0.416 e. The monoisotopic (exact) mass is 320 g/mol. The van der Waals surface area contributed by atoms with Crippen molar-refractivity contribution < 1.29 is 13.2 Å². The Labute approximate surface area is 132 Å². The molecule has 120 valence electrons. The topological polar surface area (TPSA) is 61.6 Å². The molecule has 0 aliphatic carbocycles. The lowest BCUT2D eigenvalue weighted by atomic mass is 10.0. The number of hydrogen-bond acceptors (Lipinski definition) is 4. The molecule has 0 fully saturated rings. The van der Waals surface area contributed by atoms with Crippen LogP contribution in [-0.2, 0) is 19.1 Å². The maximum absolute atomic E-state index is 12.9. The number of nitrogens with one attached hydrogen (secondary N) is 1. The van der Waals surface area contributed by atoms with Gasteiger partial charge in [-0.05, 0) is 30.3 Å². The third-order valence-corrected chi connectivity index (χ3v) is 3.21. The summed E-state index contributed by atoms with van der Waals surface area (Å²) in [5, 5.41) is 11.8. The summed E-state index contributed by atoms with van der Waals surface area (Å²) in [5.41, 5.74) is 0.823. The van der Waals surface area contributed by atoms with Crippen LogP contribution < -0.4 is 5.32 Å². The first-order valence-electron chi connectivity index (χ1n) is 7.05.